The highest BCUT2D eigenvalue weighted by Crippen LogP contribution is 2.23. The molecule has 0 aromatic rings. The van der Waals surface area contributed by atoms with E-state index in [1.807, 2.05) is 23.6 Å². The normalized spacial score (nSPS) is 18.9. The van der Waals surface area contributed by atoms with E-state index in [0.717, 1.165) is 25.8 Å². The number of ether oxygens (including phenoxy) is 1. The highest BCUT2D eigenvalue weighted by molar-refractivity contribution is 5.75. The van der Waals surface area contributed by atoms with E-state index in [-0.39, 0.29) is 24.5 Å². The van der Waals surface area contributed by atoms with Crippen molar-refractivity contribution < 1.29 is 19.4 Å². The fourth-order valence-electron chi connectivity index (χ4n) is 2.77. The summed E-state index contributed by atoms with van der Waals surface area (Å²) in [6.45, 7) is 5.78. The van der Waals surface area contributed by atoms with Crippen molar-refractivity contribution in [3.05, 3.63) is 0 Å². The smallest absolute Gasteiger partial charge is 0.320 e. The topological polar surface area (TPSA) is 70.1 Å². The SMILES string of the molecule is COCCN(C(=O)N1CCCCC1CCC(=O)O)C(C)C. The predicted molar refractivity (Wildman–Crippen MR) is 80.3 cm³/mol. The lowest BCUT2D eigenvalue weighted by molar-refractivity contribution is -0.137. The van der Waals surface area contributed by atoms with E-state index in [0.29, 0.717) is 19.6 Å². The summed E-state index contributed by atoms with van der Waals surface area (Å²) < 4.78 is 5.08. The van der Waals surface area contributed by atoms with Crippen LogP contribution in [0.25, 0.3) is 0 Å². The van der Waals surface area contributed by atoms with Gasteiger partial charge in [0.25, 0.3) is 0 Å². The van der Waals surface area contributed by atoms with Gasteiger partial charge >= 0.3 is 12.0 Å². The number of hydrogen-bond donors (Lipinski definition) is 1. The Kier molecular flexibility index (Phi) is 7.50. The molecule has 2 amide bonds. The number of carbonyl (C=O) groups excluding carboxylic acids is 1. The molecule has 0 aliphatic carbocycles. The Morgan fingerprint density at radius 2 is 2.10 bits per heavy atom. The molecular weight excluding hydrogens is 272 g/mol. The fraction of sp³-hybridized carbons (Fsp3) is 0.867. The molecule has 1 aliphatic rings. The second kappa shape index (κ2) is 8.87. The van der Waals surface area contributed by atoms with Crippen molar-refractivity contribution in [2.45, 2.75) is 58.0 Å². The zero-order chi connectivity index (χ0) is 15.8. The molecule has 1 rings (SSSR count). The van der Waals surface area contributed by atoms with E-state index in [1.165, 1.54) is 0 Å². The van der Waals surface area contributed by atoms with Crippen molar-refractivity contribution in [1.29, 1.82) is 0 Å². The van der Waals surface area contributed by atoms with Crippen LogP contribution in [0.2, 0.25) is 0 Å². The maximum atomic E-state index is 12.7. The minimum Gasteiger partial charge on any atom is -0.481 e. The lowest BCUT2D eigenvalue weighted by Gasteiger charge is -2.40. The van der Waals surface area contributed by atoms with Gasteiger partial charge in [0, 0.05) is 38.7 Å². The van der Waals surface area contributed by atoms with Gasteiger partial charge in [0.2, 0.25) is 0 Å². The summed E-state index contributed by atoms with van der Waals surface area (Å²) in [5, 5.41) is 8.85. The number of nitrogens with zero attached hydrogens (tertiary/aromatic N) is 2. The first kappa shape index (κ1) is 17.8. The number of methoxy groups -OCH3 is 1. The molecule has 1 fully saturated rings. The fourth-order valence-corrected chi connectivity index (χ4v) is 2.77. The minimum absolute atomic E-state index is 0.0112. The minimum atomic E-state index is -0.798. The number of likely N-dealkylation sites (tertiary alicyclic amines) is 1. The molecule has 0 radical (unpaired) electrons. The number of carboxylic acid groups (broad SMARTS) is 1. The number of aliphatic carboxylic acids is 1. The Morgan fingerprint density at radius 1 is 1.38 bits per heavy atom. The average molecular weight is 300 g/mol. The summed E-state index contributed by atoms with van der Waals surface area (Å²) in [6.07, 6.45) is 3.61. The Balaban J connectivity index is 2.71. The summed E-state index contributed by atoms with van der Waals surface area (Å²) in [5.41, 5.74) is 0. The van der Waals surface area contributed by atoms with Crippen LogP contribution in [-0.2, 0) is 9.53 Å². The number of carbonyl (C=O) groups is 2. The van der Waals surface area contributed by atoms with E-state index >= 15 is 0 Å². The third-order valence-electron chi connectivity index (χ3n) is 3.97. The van der Waals surface area contributed by atoms with Gasteiger partial charge in [0.1, 0.15) is 0 Å². The van der Waals surface area contributed by atoms with E-state index in [2.05, 4.69) is 0 Å². The maximum Gasteiger partial charge on any atom is 0.320 e. The van der Waals surface area contributed by atoms with Gasteiger partial charge < -0.3 is 19.6 Å². The van der Waals surface area contributed by atoms with Crippen molar-refractivity contribution in [3.8, 4) is 0 Å². The molecule has 21 heavy (non-hydrogen) atoms. The van der Waals surface area contributed by atoms with Crippen LogP contribution in [0.1, 0.15) is 46.0 Å². The molecule has 1 aliphatic heterocycles. The highest BCUT2D eigenvalue weighted by Gasteiger charge is 2.31. The molecule has 1 N–H and O–H groups in total. The van der Waals surface area contributed by atoms with Gasteiger partial charge in [-0.2, -0.15) is 0 Å². The lowest BCUT2D eigenvalue weighted by Crippen LogP contribution is -2.53. The van der Waals surface area contributed by atoms with Gasteiger partial charge in [0.15, 0.2) is 0 Å². The lowest BCUT2D eigenvalue weighted by atomic mass is 9.98. The van der Waals surface area contributed by atoms with Crippen LogP contribution in [0.15, 0.2) is 0 Å². The molecule has 6 nitrogen and oxygen atoms in total. The van der Waals surface area contributed by atoms with Gasteiger partial charge in [-0.15, -0.1) is 0 Å². The van der Waals surface area contributed by atoms with Crippen molar-refractivity contribution in [2.24, 2.45) is 0 Å². The van der Waals surface area contributed by atoms with Gasteiger partial charge in [-0.05, 0) is 39.5 Å². The molecule has 0 spiro atoms. The number of urea groups is 1. The first-order valence-electron chi connectivity index (χ1n) is 7.75. The third kappa shape index (κ3) is 5.53. The first-order chi connectivity index (χ1) is 9.97. The number of piperidine rings is 1. The molecular formula is C15H28N2O4. The van der Waals surface area contributed by atoms with Crippen molar-refractivity contribution in [3.63, 3.8) is 0 Å². The van der Waals surface area contributed by atoms with Crippen molar-refractivity contribution in [2.75, 3.05) is 26.8 Å². The third-order valence-corrected chi connectivity index (χ3v) is 3.97. The molecule has 122 valence electrons. The number of carboxylic acids is 1. The van der Waals surface area contributed by atoms with Gasteiger partial charge in [-0.3, -0.25) is 4.79 Å². The van der Waals surface area contributed by atoms with Crippen LogP contribution in [0.3, 0.4) is 0 Å². The monoisotopic (exact) mass is 300 g/mol. The van der Waals surface area contributed by atoms with Crippen LogP contribution in [0, 0.1) is 0 Å². The quantitative estimate of drug-likeness (QED) is 0.782. The Hall–Kier alpha value is -1.30. The molecule has 0 aromatic heterocycles. The number of hydrogen-bond acceptors (Lipinski definition) is 3. The standard InChI is InChI=1S/C15H28N2O4/c1-12(2)16(10-11-21-3)15(20)17-9-5-4-6-13(17)7-8-14(18)19/h12-13H,4-11H2,1-3H3,(H,18,19). The van der Waals surface area contributed by atoms with Gasteiger partial charge in [0.05, 0.1) is 6.61 Å². The van der Waals surface area contributed by atoms with Gasteiger partial charge in [-0.25, -0.2) is 4.79 Å². The van der Waals surface area contributed by atoms with Crippen LogP contribution in [-0.4, -0.2) is 65.8 Å². The van der Waals surface area contributed by atoms with Crippen LogP contribution in [0.4, 0.5) is 4.79 Å². The molecule has 0 bridgehead atoms. The predicted octanol–water partition coefficient (Wildman–Crippen LogP) is 2.18. The van der Waals surface area contributed by atoms with Crippen LogP contribution in [0.5, 0.6) is 0 Å². The Morgan fingerprint density at radius 3 is 2.67 bits per heavy atom. The summed E-state index contributed by atoms with van der Waals surface area (Å²) in [4.78, 5) is 27.2. The number of rotatable bonds is 7. The molecule has 6 heteroatoms. The van der Waals surface area contributed by atoms with Crippen molar-refractivity contribution >= 4 is 12.0 Å². The molecule has 1 heterocycles. The largest absolute Gasteiger partial charge is 0.481 e. The molecule has 0 saturated carbocycles. The van der Waals surface area contributed by atoms with Crippen LogP contribution < -0.4 is 0 Å². The van der Waals surface area contributed by atoms with E-state index < -0.39 is 5.97 Å². The zero-order valence-electron chi connectivity index (χ0n) is 13.4. The Labute approximate surface area is 127 Å². The zero-order valence-corrected chi connectivity index (χ0v) is 13.4. The first-order valence-corrected chi connectivity index (χ1v) is 7.75. The highest BCUT2D eigenvalue weighted by atomic mass is 16.5. The van der Waals surface area contributed by atoms with E-state index in [1.54, 1.807) is 7.11 Å². The second-order valence-electron chi connectivity index (χ2n) is 5.84. The van der Waals surface area contributed by atoms with Gasteiger partial charge in [-0.1, -0.05) is 0 Å². The maximum absolute atomic E-state index is 12.7. The van der Waals surface area contributed by atoms with Crippen LogP contribution >= 0.6 is 0 Å². The summed E-state index contributed by atoms with van der Waals surface area (Å²) in [6, 6.07) is 0.165. The summed E-state index contributed by atoms with van der Waals surface area (Å²) >= 11 is 0. The molecule has 1 unspecified atom stereocenters. The molecule has 1 atom stereocenters. The summed E-state index contributed by atoms with van der Waals surface area (Å²) in [5.74, 6) is -0.798. The average Bonchev–Trinajstić information content (AvgIpc) is 2.45. The van der Waals surface area contributed by atoms with E-state index in [4.69, 9.17) is 9.84 Å². The molecule has 1 saturated heterocycles. The summed E-state index contributed by atoms with van der Waals surface area (Å²) in [7, 11) is 1.62. The Bertz CT molecular complexity index is 347. The molecule has 0 aromatic carbocycles. The van der Waals surface area contributed by atoms with Crippen molar-refractivity contribution in [1.82, 2.24) is 9.80 Å². The van der Waals surface area contributed by atoms with E-state index in [9.17, 15) is 9.59 Å². The number of amides is 2. The second-order valence-corrected chi connectivity index (χ2v) is 5.84.